The molecule has 4 aromatic carbocycles. The van der Waals surface area contributed by atoms with E-state index >= 15 is 4.39 Å². The standard InChI is InChI=1S/C40H37F2N5O5/c1-50-36-23-29-32(24-37(36)51-21-7-20-46-18-5-2-6-19-46)43-17-16-34(29)52-35-15-14-28(22-30(35)42)44-39(48)38-40(49)47(25-26-10-12-27(41)13-11-26)33-9-4-3-8-31(33)45-38/h3-4,8-17,22-24H,2,5-7,18-21,25H2,1H3,(H,44,48). The van der Waals surface area contributed by atoms with E-state index in [9.17, 15) is 14.0 Å². The average molecular weight is 706 g/mol. The summed E-state index contributed by atoms with van der Waals surface area (Å²) in [5.41, 5.74) is 1.25. The van der Waals surface area contributed by atoms with E-state index in [0.717, 1.165) is 32.1 Å². The lowest BCUT2D eigenvalue weighted by Crippen LogP contribution is -2.31. The Hall–Kier alpha value is -5.88. The number of anilines is 1. The van der Waals surface area contributed by atoms with E-state index in [-0.39, 0.29) is 23.7 Å². The molecule has 1 aliphatic heterocycles. The Balaban J connectivity index is 1.07. The molecule has 0 radical (unpaired) electrons. The lowest BCUT2D eigenvalue weighted by Gasteiger charge is -2.26. The maximum atomic E-state index is 15.5. The molecule has 0 bridgehead atoms. The number of hydrogen-bond acceptors (Lipinski definition) is 8. The van der Waals surface area contributed by atoms with Gasteiger partial charge in [-0.05, 0) is 86.4 Å². The first-order valence-corrected chi connectivity index (χ1v) is 17.2. The number of pyridine rings is 1. The minimum Gasteiger partial charge on any atom is -0.493 e. The summed E-state index contributed by atoms with van der Waals surface area (Å²) in [7, 11) is 1.56. The van der Waals surface area contributed by atoms with Crippen molar-refractivity contribution >= 4 is 33.5 Å². The number of para-hydroxylation sites is 2. The number of benzene rings is 4. The van der Waals surface area contributed by atoms with Gasteiger partial charge in [0.05, 0.1) is 36.8 Å². The number of carbonyl (C=O) groups is 1. The van der Waals surface area contributed by atoms with Gasteiger partial charge in [-0.25, -0.2) is 13.8 Å². The van der Waals surface area contributed by atoms with Crippen LogP contribution in [0.25, 0.3) is 21.9 Å². The third-order valence-corrected chi connectivity index (χ3v) is 9.04. The second-order valence-corrected chi connectivity index (χ2v) is 12.6. The topological polar surface area (TPSA) is 108 Å². The predicted octanol–water partition coefficient (Wildman–Crippen LogP) is 7.58. The van der Waals surface area contributed by atoms with Crippen LogP contribution in [0.15, 0.2) is 95.9 Å². The summed E-state index contributed by atoms with van der Waals surface area (Å²) >= 11 is 0. The maximum absolute atomic E-state index is 15.5. The number of rotatable bonds is 12. The maximum Gasteiger partial charge on any atom is 0.283 e. The van der Waals surface area contributed by atoms with Crippen molar-refractivity contribution in [2.45, 2.75) is 32.2 Å². The van der Waals surface area contributed by atoms with Crippen molar-refractivity contribution in [2.24, 2.45) is 0 Å². The van der Waals surface area contributed by atoms with Crippen molar-refractivity contribution < 1.29 is 27.8 Å². The summed E-state index contributed by atoms with van der Waals surface area (Å²) in [6, 6.07) is 21.8. The van der Waals surface area contributed by atoms with Crippen LogP contribution in [0, 0.1) is 11.6 Å². The summed E-state index contributed by atoms with van der Waals surface area (Å²) in [5, 5.41) is 3.18. The summed E-state index contributed by atoms with van der Waals surface area (Å²) < 4.78 is 48.1. The van der Waals surface area contributed by atoms with Crippen molar-refractivity contribution in [2.75, 3.05) is 38.7 Å². The molecule has 3 heterocycles. The Bertz CT molecular complexity index is 2290. The van der Waals surface area contributed by atoms with E-state index in [1.54, 1.807) is 67.9 Å². The predicted molar refractivity (Wildman–Crippen MR) is 195 cm³/mol. The van der Waals surface area contributed by atoms with Crippen LogP contribution < -0.4 is 25.1 Å². The molecule has 1 aliphatic rings. The van der Waals surface area contributed by atoms with Crippen molar-refractivity contribution in [1.82, 2.24) is 19.4 Å². The minimum absolute atomic E-state index is 0.0891. The third kappa shape index (κ3) is 7.71. The molecule has 7 rings (SSSR count). The van der Waals surface area contributed by atoms with Crippen LogP contribution in [0.1, 0.15) is 41.7 Å². The normalized spacial score (nSPS) is 13.3. The van der Waals surface area contributed by atoms with Crippen LogP contribution >= 0.6 is 0 Å². The van der Waals surface area contributed by atoms with E-state index in [1.165, 1.54) is 48.1 Å². The molecule has 1 fully saturated rings. The molecule has 1 N–H and O–H groups in total. The molecule has 266 valence electrons. The van der Waals surface area contributed by atoms with Crippen molar-refractivity contribution in [1.29, 1.82) is 0 Å². The Morgan fingerprint density at radius 2 is 1.67 bits per heavy atom. The van der Waals surface area contributed by atoms with Gasteiger partial charge in [0.25, 0.3) is 11.5 Å². The number of carbonyl (C=O) groups excluding carboxylic acids is 1. The zero-order valence-corrected chi connectivity index (χ0v) is 28.6. The van der Waals surface area contributed by atoms with Gasteiger partial charge in [0.2, 0.25) is 0 Å². The Labute approximate surface area is 298 Å². The number of nitrogens with one attached hydrogen (secondary N) is 1. The molecule has 1 amide bonds. The highest BCUT2D eigenvalue weighted by molar-refractivity contribution is 6.03. The molecule has 0 aliphatic carbocycles. The Morgan fingerprint density at radius 1 is 0.865 bits per heavy atom. The lowest BCUT2D eigenvalue weighted by atomic mass is 10.1. The fourth-order valence-corrected chi connectivity index (χ4v) is 6.38. The monoisotopic (exact) mass is 705 g/mol. The Kier molecular flexibility index (Phi) is 10.3. The van der Waals surface area contributed by atoms with E-state index in [4.69, 9.17) is 14.2 Å². The molecular formula is C40H37F2N5O5. The van der Waals surface area contributed by atoms with Crippen molar-refractivity contribution in [3.63, 3.8) is 0 Å². The van der Waals surface area contributed by atoms with Gasteiger partial charge in [-0.2, -0.15) is 0 Å². The third-order valence-electron chi connectivity index (χ3n) is 9.04. The van der Waals surface area contributed by atoms with Crippen molar-refractivity contribution in [3.05, 3.63) is 124 Å². The van der Waals surface area contributed by atoms with Gasteiger partial charge in [0, 0.05) is 35.9 Å². The van der Waals surface area contributed by atoms with Crippen LogP contribution in [0.3, 0.4) is 0 Å². The van der Waals surface area contributed by atoms with Crippen LogP contribution in [0.5, 0.6) is 23.0 Å². The van der Waals surface area contributed by atoms with Gasteiger partial charge in [0.15, 0.2) is 28.8 Å². The number of nitrogens with zero attached hydrogens (tertiary/aromatic N) is 4. The van der Waals surface area contributed by atoms with Crippen molar-refractivity contribution in [3.8, 4) is 23.0 Å². The number of hydrogen-bond donors (Lipinski definition) is 1. The average Bonchev–Trinajstić information content (AvgIpc) is 3.16. The van der Waals surface area contributed by atoms with Crippen LogP contribution in [-0.4, -0.2) is 58.7 Å². The number of fused-ring (bicyclic) bond motifs is 2. The molecule has 52 heavy (non-hydrogen) atoms. The van der Waals surface area contributed by atoms with Gasteiger partial charge in [0.1, 0.15) is 11.6 Å². The molecule has 0 spiro atoms. The largest absolute Gasteiger partial charge is 0.493 e. The van der Waals surface area contributed by atoms with Gasteiger partial charge >= 0.3 is 0 Å². The summed E-state index contributed by atoms with van der Waals surface area (Å²) in [5.74, 6) is -0.641. The molecule has 0 saturated carbocycles. The first-order chi connectivity index (χ1) is 25.4. The summed E-state index contributed by atoms with van der Waals surface area (Å²) in [4.78, 5) is 38.2. The summed E-state index contributed by atoms with van der Waals surface area (Å²) in [6.45, 7) is 3.88. The molecule has 0 unspecified atom stereocenters. The van der Waals surface area contributed by atoms with Gasteiger partial charge in [-0.15, -0.1) is 0 Å². The van der Waals surface area contributed by atoms with Gasteiger partial charge in [-0.3, -0.25) is 14.6 Å². The van der Waals surface area contributed by atoms with Crippen LogP contribution in [0.2, 0.25) is 0 Å². The number of methoxy groups -OCH3 is 1. The highest BCUT2D eigenvalue weighted by Crippen LogP contribution is 2.38. The second kappa shape index (κ2) is 15.6. The molecule has 6 aromatic rings. The van der Waals surface area contributed by atoms with Crippen LogP contribution in [0.4, 0.5) is 14.5 Å². The number of likely N-dealkylation sites (tertiary alicyclic amines) is 1. The fourth-order valence-electron chi connectivity index (χ4n) is 6.38. The first kappa shape index (κ1) is 34.6. The van der Waals surface area contributed by atoms with E-state index in [2.05, 4.69) is 20.2 Å². The molecule has 10 nitrogen and oxygen atoms in total. The van der Waals surface area contributed by atoms with Gasteiger partial charge in [-0.1, -0.05) is 30.7 Å². The first-order valence-electron chi connectivity index (χ1n) is 17.2. The zero-order valence-electron chi connectivity index (χ0n) is 28.6. The highest BCUT2D eigenvalue weighted by Gasteiger charge is 2.20. The second-order valence-electron chi connectivity index (χ2n) is 12.6. The van der Waals surface area contributed by atoms with Gasteiger partial charge < -0.3 is 29.0 Å². The Morgan fingerprint density at radius 3 is 2.46 bits per heavy atom. The molecule has 12 heteroatoms. The van der Waals surface area contributed by atoms with Crippen LogP contribution in [-0.2, 0) is 6.54 Å². The molecule has 1 saturated heterocycles. The number of halogens is 2. The lowest BCUT2D eigenvalue weighted by molar-refractivity contribution is 0.102. The number of amides is 1. The number of aromatic nitrogens is 3. The molecule has 0 atom stereocenters. The quantitative estimate of drug-likeness (QED) is 0.130. The molecule has 2 aromatic heterocycles. The summed E-state index contributed by atoms with van der Waals surface area (Å²) in [6.07, 6.45) is 6.25. The van der Waals surface area contributed by atoms with E-state index in [1.807, 2.05) is 0 Å². The minimum atomic E-state index is -0.812. The fraction of sp³-hybridized carbons (Fsp3) is 0.250. The highest BCUT2D eigenvalue weighted by atomic mass is 19.1. The number of ether oxygens (including phenoxy) is 3. The van der Waals surface area contributed by atoms with E-state index in [0.29, 0.717) is 51.4 Å². The van der Waals surface area contributed by atoms with E-state index < -0.39 is 23.1 Å². The number of piperidine rings is 1. The SMILES string of the molecule is COc1cc2c(Oc3ccc(NC(=O)c4nc5ccccc5n(Cc5ccc(F)cc5)c4=O)cc3F)ccnc2cc1OCCCN1CCCCC1. The smallest absolute Gasteiger partial charge is 0.283 e. The molecular weight excluding hydrogens is 668 g/mol. The zero-order chi connectivity index (χ0) is 36.0.